The maximum Gasteiger partial charge on any atom is 0.389 e. The summed E-state index contributed by atoms with van der Waals surface area (Å²) in [4.78, 5) is 34.9. The van der Waals surface area contributed by atoms with Gasteiger partial charge in [-0.15, -0.1) is 0 Å². The van der Waals surface area contributed by atoms with Gasteiger partial charge in [0.1, 0.15) is 12.2 Å². The molecule has 13 nitrogen and oxygen atoms in total. The summed E-state index contributed by atoms with van der Waals surface area (Å²) in [7, 11) is 3.32. The fourth-order valence-corrected chi connectivity index (χ4v) is 2.47. The highest BCUT2D eigenvalue weighted by Crippen LogP contribution is 2.18. The largest absolute Gasteiger partial charge is 0.389 e. The fourth-order valence-electron chi connectivity index (χ4n) is 2.47. The third-order valence-corrected chi connectivity index (χ3v) is 4.03. The zero-order valence-electron chi connectivity index (χ0n) is 15.3. The molecule has 3 rings (SSSR count). The molecule has 0 aliphatic rings. The number of nitro groups is 1. The normalized spacial score (nSPS) is 10.7. The number of nitrogens with one attached hydrogen (secondary N) is 2. The second kappa shape index (κ2) is 7.30. The molecule has 0 bridgehead atoms. The smallest absolute Gasteiger partial charge is 0.358 e. The Labute approximate surface area is 158 Å². The van der Waals surface area contributed by atoms with Crippen LogP contribution < -0.4 is 10.6 Å². The molecule has 28 heavy (non-hydrogen) atoms. The molecule has 0 spiro atoms. The molecule has 0 atom stereocenters. The highest BCUT2D eigenvalue weighted by molar-refractivity contribution is 6.09. The number of anilines is 2. The third kappa shape index (κ3) is 3.72. The molecule has 0 radical (unpaired) electrons. The highest BCUT2D eigenvalue weighted by atomic mass is 16.6. The summed E-state index contributed by atoms with van der Waals surface area (Å²) in [5.74, 6) is -1.35. The Balaban J connectivity index is 1.72. The summed E-state index contributed by atoms with van der Waals surface area (Å²) in [6, 6.07) is 1.19. The summed E-state index contributed by atoms with van der Waals surface area (Å²) in [6.07, 6.45) is 4.18. The number of carbonyl (C=O) groups excluding carboxylic acids is 2. The molecule has 2 N–H and O–H groups in total. The molecule has 0 saturated heterocycles. The van der Waals surface area contributed by atoms with Gasteiger partial charge in [-0.3, -0.25) is 19.0 Å². The van der Waals surface area contributed by atoms with Crippen molar-refractivity contribution < 1.29 is 14.5 Å². The lowest BCUT2D eigenvalue weighted by Gasteiger charge is -2.08. The topological polar surface area (TPSA) is 155 Å². The molecule has 0 unspecified atom stereocenters. The third-order valence-electron chi connectivity index (χ3n) is 4.03. The lowest BCUT2D eigenvalue weighted by Crippen LogP contribution is -2.23. The first-order valence-corrected chi connectivity index (χ1v) is 8.06. The van der Waals surface area contributed by atoms with Gasteiger partial charge in [-0.2, -0.15) is 14.9 Å². The van der Waals surface area contributed by atoms with Gasteiger partial charge < -0.3 is 20.7 Å². The Morgan fingerprint density at radius 3 is 2.43 bits per heavy atom. The Morgan fingerprint density at radius 2 is 1.82 bits per heavy atom. The molecule has 3 aromatic heterocycles. The van der Waals surface area contributed by atoms with Crippen molar-refractivity contribution in [2.45, 2.75) is 13.5 Å². The highest BCUT2D eigenvalue weighted by Gasteiger charge is 2.21. The summed E-state index contributed by atoms with van der Waals surface area (Å²) in [6.45, 7) is 1.54. The van der Waals surface area contributed by atoms with E-state index in [9.17, 15) is 19.7 Å². The minimum atomic E-state index is -0.654. The zero-order valence-corrected chi connectivity index (χ0v) is 15.3. The van der Waals surface area contributed by atoms with E-state index in [4.69, 9.17) is 0 Å². The SMILES string of the molecule is Cc1c(NC(=O)c2c(NC(=O)Cn3ccc([N+](=O)[O-])n3)cnn2C)cnn1C. The van der Waals surface area contributed by atoms with E-state index in [1.807, 2.05) is 0 Å². The van der Waals surface area contributed by atoms with E-state index in [0.717, 1.165) is 10.4 Å². The van der Waals surface area contributed by atoms with Crippen molar-refractivity contribution in [1.82, 2.24) is 29.3 Å². The summed E-state index contributed by atoms with van der Waals surface area (Å²) in [5.41, 5.74) is 1.65. The first-order chi connectivity index (χ1) is 13.3. The molecule has 13 heteroatoms. The van der Waals surface area contributed by atoms with Crippen molar-refractivity contribution in [2.75, 3.05) is 10.6 Å². The number of nitrogens with zero attached hydrogens (tertiary/aromatic N) is 7. The molecule has 0 aliphatic heterocycles. The molecule has 146 valence electrons. The predicted octanol–water partition coefficient (Wildman–Crippen LogP) is 0.458. The van der Waals surface area contributed by atoms with Crippen LogP contribution in [0.1, 0.15) is 16.2 Å². The number of rotatable bonds is 6. The van der Waals surface area contributed by atoms with Gasteiger partial charge in [-0.1, -0.05) is 0 Å². The van der Waals surface area contributed by atoms with Gasteiger partial charge >= 0.3 is 5.82 Å². The van der Waals surface area contributed by atoms with Gasteiger partial charge in [0.2, 0.25) is 5.91 Å². The lowest BCUT2D eigenvalue weighted by molar-refractivity contribution is -0.389. The van der Waals surface area contributed by atoms with Crippen LogP contribution in [-0.2, 0) is 25.4 Å². The average Bonchev–Trinajstić information content (AvgIpc) is 3.31. The maximum atomic E-state index is 12.6. The van der Waals surface area contributed by atoms with Crippen molar-refractivity contribution in [2.24, 2.45) is 14.1 Å². The van der Waals surface area contributed by atoms with E-state index in [1.165, 1.54) is 29.3 Å². The minimum Gasteiger partial charge on any atom is -0.358 e. The van der Waals surface area contributed by atoms with Crippen LogP contribution >= 0.6 is 0 Å². The van der Waals surface area contributed by atoms with Gasteiger partial charge in [0.15, 0.2) is 0 Å². The quantitative estimate of drug-likeness (QED) is 0.460. The summed E-state index contributed by atoms with van der Waals surface area (Å²) < 4.78 is 4.07. The number of aryl methyl sites for hydroxylation is 2. The van der Waals surface area contributed by atoms with Crippen LogP contribution in [0.2, 0.25) is 0 Å². The average molecular weight is 387 g/mol. The van der Waals surface area contributed by atoms with E-state index >= 15 is 0 Å². The van der Waals surface area contributed by atoms with Crippen molar-refractivity contribution in [3.63, 3.8) is 0 Å². The number of hydrogen-bond donors (Lipinski definition) is 2. The molecule has 0 saturated carbocycles. The standard InChI is InChI=1S/C15H17N9O4/c1-9-10(6-16-21(9)2)19-15(26)14-11(7-17-22(14)3)18-13(25)8-23-5-4-12(20-23)24(27)28/h4-7H,8H2,1-3H3,(H,18,25)(H,19,26). The van der Waals surface area contributed by atoms with Gasteiger partial charge in [0, 0.05) is 14.1 Å². The molecule has 0 aromatic carbocycles. The second-order valence-corrected chi connectivity index (χ2v) is 5.93. The molecule has 0 fully saturated rings. The van der Waals surface area contributed by atoms with E-state index in [0.29, 0.717) is 5.69 Å². The molecular weight excluding hydrogens is 370 g/mol. The van der Waals surface area contributed by atoms with E-state index < -0.39 is 16.7 Å². The Morgan fingerprint density at radius 1 is 1.14 bits per heavy atom. The van der Waals surface area contributed by atoms with Crippen molar-refractivity contribution in [3.8, 4) is 0 Å². The van der Waals surface area contributed by atoms with Gasteiger partial charge in [-0.05, 0) is 11.8 Å². The van der Waals surface area contributed by atoms with Crippen molar-refractivity contribution in [3.05, 3.63) is 46.2 Å². The Bertz CT molecular complexity index is 1060. The first-order valence-electron chi connectivity index (χ1n) is 8.06. The van der Waals surface area contributed by atoms with Crippen LogP contribution in [0, 0.1) is 17.0 Å². The molecular formula is C15H17N9O4. The van der Waals surface area contributed by atoms with Crippen molar-refractivity contribution in [1.29, 1.82) is 0 Å². The van der Waals surface area contributed by atoms with Crippen LogP contribution in [-0.4, -0.2) is 46.1 Å². The predicted molar refractivity (Wildman–Crippen MR) is 96.6 cm³/mol. The number of amides is 2. The van der Waals surface area contributed by atoms with Gasteiger partial charge in [0.05, 0.1) is 46.8 Å². The van der Waals surface area contributed by atoms with Gasteiger partial charge in [-0.25, -0.2) is 0 Å². The van der Waals surface area contributed by atoms with E-state index in [1.54, 1.807) is 25.7 Å². The monoisotopic (exact) mass is 387 g/mol. The maximum absolute atomic E-state index is 12.6. The molecule has 2 amide bonds. The number of hydrogen-bond acceptors (Lipinski definition) is 7. The van der Waals surface area contributed by atoms with Crippen LogP contribution in [0.15, 0.2) is 24.7 Å². The number of carbonyl (C=O) groups is 2. The van der Waals surface area contributed by atoms with Crippen LogP contribution in [0.4, 0.5) is 17.2 Å². The Kier molecular flexibility index (Phi) is 4.89. The first kappa shape index (κ1) is 18.8. The van der Waals surface area contributed by atoms with Crippen molar-refractivity contribution >= 4 is 29.0 Å². The second-order valence-electron chi connectivity index (χ2n) is 5.93. The fraction of sp³-hybridized carbons (Fsp3) is 0.267. The van der Waals surface area contributed by atoms with Crippen LogP contribution in [0.25, 0.3) is 0 Å². The summed E-state index contributed by atoms with van der Waals surface area (Å²) >= 11 is 0. The Hall–Kier alpha value is -4.03. The minimum absolute atomic E-state index is 0.142. The van der Waals surface area contributed by atoms with E-state index in [-0.39, 0.29) is 23.7 Å². The van der Waals surface area contributed by atoms with Gasteiger partial charge in [0.25, 0.3) is 5.91 Å². The molecule has 3 heterocycles. The van der Waals surface area contributed by atoms with Crippen LogP contribution in [0.5, 0.6) is 0 Å². The molecule has 3 aromatic rings. The number of aromatic nitrogens is 6. The van der Waals surface area contributed by atoms with E-state index in [2.05, 4.69) is 25.9 Å². The lowest BCUT2D eigenvalue weighted by atomic mass is 10.3. The zero-order chi connectivity index (χ0) is 20.4. The van der Waals surface area contributed by atoms with Crippen LogP contribution in [0.3, 0.4) is 0 Å². The summed E-state index contributed by atoms with van der Waals surface area (Å²) in [5, 5.41) is 27.7. The molecule has 0 aliphatic carbocycles.